The lowest BCUT2D eigenvalue weighted by Gasteiger charge is -2.33. The molecule has 0 aliphatic carbocycles. The van der Waals surface area contributed by atoms with Gasteiger partial charge >= 0.3 is 0 Å². The molecule has 5 rings (SSSR count). The van der Waals surface area contributed by atoms with Gasteiger partial charge in [0.2, 0.25) is 0 Å². The predicted molar refractivity (Wildman–Crippen MR) is 96.6 cm³/mol. The van der Waals surface area contributed by atoms with Gasteiger partial charge in [-0.1, -0.05) is 48.5 Å². The molecule has 0 unspecified atom stereocenters. The molecule has 4 aromatic carbocycles. The van der Waals surface area contributed by atoms with Crippen molar-refractivity contribution in [2.24, 2.45) is 0 Å². The second-order valence-electron chi connectivity index (χ2n) is 6.57. The van der Waals surface area contributed by atoms with Crippen LogP contribution in [0, 0.1) is 0 Å². The van der Waals surface area contributed by atoms with Crippen molar-refractivity contribution in [2.45, 2.75) is 12.5 Å². The van der Waals surface area contributed by atoms with E-state index in [1.807, 2.05) is 55.5 Å². The highest BCUT2D eigenvalue weighted by atomic mass is 16.5. The smallest absolute Gasteiger partial charge is 0.134 e. The van der Waals surface area contributed by atoms with Crippen molar-refractivity contribution in [1.29, 1.82) is 0 Å². The molecule has 4 aromatic rings. The maximum atomic E-state index is 11.3. The highest BCUT2D eigenvalue weighted by Crippen LogP contribution is 2.48. The van der Waals surface area contributed by atoms with Crippen LogP contribution in [0.5, 0.6) is 11.5 Å². The minimum absolute atomic E-state index is 0.724. The summed E-state index contributed by atoms with van der Waals surface area (Å²) in [5, 5.41) is 15.7. The van der Waals surface area contributed by atoms with E-state index in [-0.39, 0.29) is 0 Å². The summed E-state index contributed by atoms with van der Waals surface area (Å²) in [4.78, 5) is 0. The molecule has 116 valence electrons. The fourth-order valence-corrected chi connectivity index (χ4v) is 3.63. The number of fused-ring (bicyclic) bond motifs is 4. The number of rotatable bonds is 0. The maximum absolute atomic E-state index is 11.3. The lowest BCUT2D eigenvalue weighted by Crippen LogP contribution is -2.27. The third-order valence-electron chi connectivity index (χ3n) is 4.96. The zero-order valence-electron chi connectivity index (χ0n) is 13.3. The summed E-state index contributed by atoms with van der Waals surface area (Å²) in [6.07, 6.45) is 0. The van der Waals surface area contributed by atoms with Crippen molar-refractivity contribution in [3.05, 3.63) is 83.9 Å². The second-order valence-corrected chi connectivity index (χ2v) is 6.57. The summed E-state index contributed by atoms with van der Waals surface area (Å²) >= 11 is 0. The monoisotopic (exact) mass is 312 g/mol. The Morgan fingerprint density at radius 2 is 1.04 bits per heavy atom. The summed E-state index contributed by atoms with van der Waals surface area (Å²) < 4.78 is 6.17. The van der Waals surface area contributed by atoms with E-state index < -0.39 is 5.60 Å². The highest BCUT2D eigenvalue weighted by Gasteiger charge is 2.36. The van der Waals surface area contributed by atoms with Crippen LogP contribution in [-0.4, -0.2) is 5.11 Å². The second kappa shape index (κ2) is 4.59. The first-order chi connectivity index (χ1) is 11.6. The van der Waals surface area contributed by atoms with Crippen molar-refractivity contribution in [3.8, 4) is 11.5 Å². The molecule has 0 bridgehead atoms. The van der Waals surface area contributed by atoms with Gasteiger partial charge in [0.1, 0.15) is 17.1 Å². The molecule has 0 radical (unpaired) electrons. The van der Waals surface area contributed by atoms with Crippen LogP contribution < -0.4 is 4.74 Å². The van der Waals surface area contributed by atoms with E-state index in [9.17, 15) is 5.11 Å². The predicted octanol–water partition coefficient (Wildman–Crippen LogP) is 5.35. The van der Waals surface area contributed by atoms with Crippen molar-refractivity contribution in [2.75, 3.05) is 0 Å². The molecule has 1 N–H and O–H groups in total. The fourth-order valence-electron chi connectivity index (χ4n) is 3.63. The molecule has 1 heterocycles. The minimum Gasteiger partial charge on any atom is -0.456 e. The largest absolute Gasteiger partial charge is 0.456 e. The van der Waals surface area contributed by atoms with E-state index >= 15 is 0 Å². The number of ether oxygens (including phenoxy) is 1. The normalized spacial score (nSPS) is 14.9. The van der Waals surface area contributed by atoms with Crippen LogP contribution in [0.3, 0.4) is 0 Å². The van der Waals surface area contributed by atoms with E-state index in [4.69, 9.17) is 4.74 Å². The molecule has 0 aromatic heterocycles. The Morgan fingerprint density at radius 3 is 1.46 bits per heavy atom. The molecule has 0 spiro atoms. The Kier molecular flexibility index (Phi) is 2.60. The van der Waals surface area contributed by atoms with Gasteiger partial charge in [0.25, 0.3) is 0 Å². The summed E-state index contributed by atoms with van der Waals surface area (Å²) in [5.74, 6) is 1.45. The zero-order valence-corrected chi connectivity index (χ0v) is 13.3. The summed E-state index contributed by atoms with van der Waals surface area (Å²) in [5.41, 5.74) is 0.532. The first-order valence-corrected chi connectivity index (χ1v) is 8.10. The molecule has 0 fully saturated rings. The molecule has 2 heteroatoms. The Balaban J connectivity index is 1.81. The van der Waals surface area contributed by atoms with E-state index in [1.165, 1.54) is 0 Å². The Labute approximate surface area is 139 Å². The lowest BCUT2D eigenvalue weighted by atomic mass is 9.83. The van der Waals surface area contributed by atoms with Crippen molar-refractivity contribution in [3.63, 3.8) is 0 Å². The van der Waals surface area contributed by atoms with Crippen LogP contribution >= 0.6 is 0 Å². The van der Waals surface area contributed by atoms with Crippen LogP contribution in [0.25, 0.3) is 21.5 Å². The SMILES string of the molecule is CC1(O)c2cc3ccccc3cc2Oc2cc3ccccc3cc21. The molecule has 24 heavy (non-hydrogen) atoms. The van der Waals surface area contributed by atoms with E-state index in [2.05, 4.69) is 24.3 Å². The van der Waals surface area contributed by atoms with Gasteiger partial charge in [-0.25, -0.2) is 0 Å². The molecule has 1 aliphatic heterocycles. The topological polar surface area (TPSA) is 29.5 Å². The first-order valence-electron chi connectivity index (χ1n) is 8.10. The van der Waals surface area contributed by atoms with Gasteiger partial charge in [-0.15, -0.1) is 0 Å². The number of hydrogen-bond acceptors (Lipinski definition) is 2. The van der Waals surface area contributed by atoms with E-state index in [0.29, 0.717) is 0 Å². The Bertz CT molecular complexity index is 1020. The van der Waals surface area contributed by atoms with E-state index in [0.717, 1.165) is 44.2 Å². The Morgan fingerprint density at radius 1 is 0.667 bits per heavy atom. The maximum Gasteiger partial charge on any atom is 0.134 e. The van der Waals surface area contributed by atoms with Crippen LogP contribution in [-0.2, 0) is 5.60 Å². The molecule has 0 amide bonds. The summed E-state index contributed by atoms with van der Waals surface area (Å²) in [6, 6.07) is 24.4. The number of aliphatic hydroxyl groups is 1. The van der Waals surface area contributed by atoms with Gasteiger partial charge in [0.15, 0.2) is 0 Å². The van der Waals surface area contributed by atoms with Crippen LogP contribution in [0.15, 0.2) is 72.8 Å². The third kappa shape index (κ3) is 1.81. The minimum atomic E-state index is -1.09. The van der Waals surface area contributed by atoms with Crippen LogP contribution in [0.4, 0.5) is 0 Å². The summed E-state index contributed by atoms with van der Waals surface area (Å²) in [7, 11) is 0. The van der Waals surface area contributed by atoms with Crippen LogP contribution in [0.2, 0.25) is 0 Å². The molecule has 0 saturated carbocycles. The van der Waals surface area contributed by atoms with Crippen molar-refractivity contribution in [1.82, 2.24) is 0 Å². The molecule has 2 nitrogen and oxygen atoms in total. The number of benzene rings is 4. The standard InChI is InChI=1S/C22H16O2/c1-22(23)18-10-14-6-2-4-8-16(14)12-20(18)24-21-13-17-9-5-3-7-15(17)11-19(21)22/h2-13,23H,1H3. The highest BCUT2D eigenvalue weighted by molar-refractivity contribution is 5.88. The Hall–Kier alpha value is -2.84. The molecule has 0 saturated heterocycles. The van der Waals surface area contributed by atoms with Gasteiger partial charge in [-0.2, -0.15) is 0 Å². The fraction of sp³-hybridized carbons (Fsp3) is 0.0909. The van der Waals surface area contributed by atoms with Gasteiger partial charge < -0.3 is 9.84 Å². The summed E-state index contributed by atoms with van der Waals surface area (Å²) in [6.45, 7) is 1.84. The molecule has 1 aliphatic rings. The molecular formula is C22H16O2. The third-order valence-corrected chi connectivity index (χ3v) is 4.96. The molecule has 0 atom stereocenters. The van der Waals surface area contributed by atoms with Crippen LogP contribution in [0.1, 0.15) is 18.1 Å². The van der Waals surface area contributed by atoms with Gasteiger partial charge in [-0.3, -0.25) is 0 Å². The molecular weight excluding hydrogens is 296 g/mol. The van der Waals surface area contributed by atoms with E-state index in [1.54, 1.807) is 0 Å². The lowest BCUT2D eigenvalue weighted by molar-refractivity contribution is 0.0905. The first kappa shape index (κ1) is 13.6. The average molecular weight is 312 g/mol. The number of hydrogen-bond donors (Lipinski definition) is 1. The zero-order chi connectivity index (χ0) is 16.3. The van der Waals surface area contributed by atoms with Gasteiger partial charge in [-0.05, 0) is 52.7 Å². The van der Waals surface area contributed by atoms with Gasteiger partial charge in [0, 0.05) is 11.1 Å². The quantitative estimate of drug-likeness (QED) is 0.474. The van der Waals surface area contributed by atoms with Crippen molar-refractivity contribution >= 4 is 21.5 Å². The van der Waals surface area contributed by atoms with Crippen molar-refractivity contribution < 1.29 is 9.84 Å². The average Bonchev–Trinajstić information content (AvgIpc) is 2.59. The van der Waals surface area contributed by atoms with Gasteiger partial charge in [0.05, 0.1) is 0 Å².